The standard InChI is InChI=1S/C15H17ClFN3O/c1-20(11-5-3-6-11)9-14-18-13(19-21-14)8-10-4-2-7-12(16)15(10)17/h2,4,7,11H,3,5-6,8-9H2,1H3. The highest BCUT2D eigenvalue weighted by Gasteiger charge is 2.23. The number of hydrogen-bond donors (Lipinski definition) is 0. The molecule has 0 radical (unpaired) electrons. The summed E-state index contributed by atoms with van der Waals surface area (Å²) in [5, 5.41) is 4.03. The topological polar surface area (TPSA) is 42.2 Å². The van der Waals surface area contributed by atoms with Crippen molar-refractivity contribution in [1.82, 2.24) is 15.0 Å². The van der Waals surface area contributed by atoms with E-state index in [9.17, 15) is 4.39 Å². The summed E-state index contributed by atoms with van der Waals surface area (Å²) < 4.78 is 19.1. The van der Waals surface area contributed by atoms with Crippen molar-refractivity contribution >= 4 is 11.6 Å². The maximum atomic E-state index is 13.8. The molecule has 0 saturated heterocycles. The summed E-state index contributed by atoms with van der Waals surface area (Å²) in [6.45, 7) is 0.635. The van der Waals surface area contributed by atoms with Gasteiger partial charge in [0.1, 0.15) is 5.82 Å². The van der Waals surface area contributed by atoms with Gasteiger partial charge in [-0.15, -0.1) is 0 Å². The largest absolute Gasteiger partial charge is 0.338 e. The van der Waals surface area contributed by atoms with Crippen LogP contribution >= 0.6 is 11.6 Å². The normalized spacial score (nSPS) is 15.4. The highest BCUT2D eigenvalue weighted by molar-refractivity contribution is 6.30. The molecule has 0 unspecified atom stereocenters. The van der Waals surface area contributed by atoms with Crippen molar-refractivity contribution in [3.05, 3.63) is 46.3 Å². The summed E-state index contributed by atoms with van der Waals surface area (Å²) in [6.07, 6.45) is 4.03. The van der Waals surface area contributed by atoms with E-state index in [-0.39, 0.29) is 11.4 Å². The van der Waals surface area contributed by atoms with Gasteiger partial charge in [-0.05, 0) is 31.5 Å². The molecule has 0 N–H and O–H groups in total. The van der Waals surface area contributed by atoms with Crippen LogP contribution in [0.2, 0.25) is 5.02 Å². The minimum Gasteiger partial charge on any atom is -0.338 e. The van der Waals surface area contributed by atoms with Gasteiger partial charge in [0.2, 0.25) is 5.89 Å². The molecule has 21 heavy (non-hydrogen) atoms. The lowest BCUT2D eigenvalue weighted by molar-refractivity contribution is 0.137. The Balaban J connectivity index is 1.65. The predicted octanol–water partition coefficient (Wildman–Crippen LogP) is 3.44. The number of halogens is 2. The number of benzene rings is 1. The van der Waals surface area contributed by atoms with E-state index in [1.165, 1.54) is 25.3 Å². The molecule has 6 heteroatoms. The summed E-state index contributed by atoms with van der Waals surface area (Å²) in [6, 6.07) is 5.53. The highest BCUT2D eigenvalue weighted by Crippen LogP contribution is 2.24. The molecular weight excluding hydrogens is 293 g/mol. The van der Waals surface area contributed by atoms with Crippen LogP contribution in [-0.4, -0.2) is 28.1 Å². The van der Waals surface area contributed by atoms with Crippen molar-refractivity contribution in [3.8, 4) is 0 Å². The fraction of sp³-hybridized carbons (Fsp3) is 0.467. The maximum Gasteiger partial charge on any atom is 0.240 e. The van der Waals surface area contributed by atoms with Crippen LogP contribution in [0, 0.1) is 5.82 Å². The Morgan fingerprint density at radius 2 is 2.24 bits per heavy atom. The first-order valence-corrected chi connectivity index (χ1v) is 7.46. The van der Waals surface area contributed by atoms with Crippen molar-refractivity contribution < 1.29 is 8.91 Å². The molecule has 0 spiro atoms. The van der Waals surface area contributed by atoms with Gasteiger partial charge in [-0.25, -0.2) is 4.39 Å². The van der Waals surface area contributed by atoms with Crippen LogP contribution in [0.3, 0.4) is 0 Å². The SMILES string of the molecule is CN(Cc1nc(Cc2cccc(Cl)c2F)no1)C1CCC1. The Labute approximate surface area is 127 Å². The van der Waals surface area contributed by atoms with E-state index in [0.717, 1.165) is 0 Å². The summed E-state index contributed by atoms with van der Waals surface area (Å²) in [4.78, 5) is 6.55. The van der Waals surface area contributed by atoms with Crippen molar-refractivity contribution in [2.24, 2.45) is 0 Å². The minimum atomic E-state index is -0.419. The maximum absolute atomic E-state index is 13.8. The van der Waals surface area contributed by atoms with Gasteiger partial charge in [-0.2, -0.15) is 4.98 Å². The molecule has 1 aliphatic rings. The van der Waals surface area contributed by atoms with Crippen LogP contribution in [0.1, 0.15) is 36.5 Å². The van der Waals surface area contributed by atoms with Gasteiger partial charge in [0.25, 0.3) is 0 Å². The first-order valence-electron chi connectivity index (χ1n) is 7.08. The van der Waals surface area contributed by atoms with E-state index >= 15 is 0 Å². The molecule has 1 fully saturated rings. The summed E-state index contributed by atoms with van der Waals surface area (Å²) in [5.74, 6) is 0.632. The zero-order chi connectivity index (χ0) is 14.8. The van der Waals surface area contributed by atoms with Crippen LogP contribution in [0.15, 0.2) is 22.7 Å². The van der Waals surface area contributed by atoms with E-state index in [1.807, 2.05) is 0 Å². The average Bonchev–Trinajstić information content (AvgIpc) is 2.80. The molecule has 1 aromatic heterocycles. The van der Waals surface area contributed by atoms with Gasteiger partial charge in [0.15, 0.2) is 5.82 Å². The fourth-order valence-corrected chi connectivity index (χ4v) is 2.65. The molecule has 112 valence electrons. The molecule has 1 saturated carbocycles. The Kier molecular flexibility index (Phi) is 4.22. The molecule has 0 aliphatic heterocycles. The fourth-order valence-electron chi connectivity index (χ4n) is 2.45. The lowest BCUT2D eigenvalue weighted by Gasteiger charge is -2.33. The Bertz CT molecular complexity index is 627. The zero-order valence-corrected chi connectivity index (χ0v) is 12.6. The second kappa shape index (κ2) is 6.12. The van der Waals surface area contributed by atoms with Crippen LogP contribution in [0.5, 0.6) is 0 Å². The molecule has 1 aromatic carbocycles. The quantitative estimate of drug-likeness (QED) is 0.848. The van der Waals surface area contributed by atoms with Crippen LogP contribution in [0.4, 0.5) is 4.39 Å². The molecular formula is C15H17ClFN3O. The van der Waals surface area contributed by atoms with Crippen LogP contribution in [0.25, 0.3) is 0 Å². The molecule has 1 heterocycles. The third-order valence-corrected chi connectivity index (χ3v) is 4.26. The zero-order valence-electron chi connectivity index (χ0n) is 11.9. The summed E-state index contributed by atoms with van der Waals surface area (Å²) in [5.41, 5.74) is 0.474. The minimum absolute atomic E-state index is 0.112. The summed E-state index contributed by atoms with van der Waals surface area (Å²) in [7, 11) is 2.06. The van der Waals surface area contributed by atoms with Gasteiger partial charge >= 0.3 is 0 Å². The van der Waals surface area contributed by atoms with Crippen molar-refractivity contribution in [2.75, 3.05) is 7.05 Å². The van der Waals surface area contributed by atoms with Gasteiger partial charge in [0.05, 0.1) is 11.6 Å². The van der Waals surface area contributed by atoms with Gasteiger partial charge in [0, 0.05) is 12.5 Å². The van der Waals surface area contributed by atoms with Crippen LogP contribution in [-0.2, 0) is 13.0 Å². The van der Waals surface area contributed by atoms with E-state index in [4.69, 9.17) is 16.1 Å². The number of rotatable bonds is 5. The number of nitrogens with zero attached hydrogens (tertiary/aromatic N) is 3. The van der Waals surface area contributed by atoms with Gasteiger partial charge in [-0.1, -0.05) is 35.3 Å². The number of hydrogen-bond acceptors (Lipinski definition) is 4. The van der Waals surface area contributed by atoms with E-state index in [1.54, 1.807) is 12.1 Å². The lowest BCUT2D eigenvalue weighted by Crippen LogP contribution is -2.36. The molecule has 0 atom stereocenters. The molecule has 0 amide bonds. The van der Waals surface area contributed by atoms with Gasteiger partial charge < -0.3 is 4.52 Å². The van der Waals surface area contributed by atoms with Crippen molar-refractivity contribution in [2.45, 2.75) is 38.3 Å². The Morgan fingerprint density at radius 1 is 1.43 bits per heavy atom. The van der Waals surface area contributed by atoms with E-state index in [0.29, 0.717) is 29.9 Å². The molecule has 2 aromatic rings. The third-order valence-electron chi connectivity index (χ3n) is 3.97. The Morgan fingerprint density at radius 3 is 2.95 bits per heavy atom. The van der Waals surface area contributed by atoms with Crippen molar-refractivity contribution in [1.29, 1.82) is 0 Å². The highest BCUT2D eigenvalue weighted by atomic mass is 35.5. The first kappa shape index (κ1) is 14.5. The lowest BCUT2D eigenvalue weighted by atomic mass is 9.92. The smallest absolute Gasteiger partial charge is 0.240 e. The monoisotopic (exact) mass is 309 g/mol. The molecule has 4 nitrogen and oxygen atoms in total. The molecule has 3 rings (SSSR count). The van der Waals surface area contributed by atoms with Gasteiger partial charge in [-0.3, -0.25) is 4.90 Å². The van der Waals surface area contributed by atoms with E-state index < -0.39 is 5.82 Å². The van der Waals surface area contributed by atoms with Crippen molar-refractivity contribution in [3.63, 3.8) is 0 Å². The molecule has 0 bridgehead atoms. The third kappa shape index (κ3) is 3.24. The van der Waals surface area contributed by atoms with E-state index in [2.05, 4.69) is 22.1 Å². The number of aromatic nitrogens is 2. The second-order valence-corrected chi connectivity index (χ2v) is 5.90. The predicted molar refractivity (Wildman–Crippen MR) is 77.6 cm³/mol. The summed E-state index contributed by atoms with van der Waals surface area (Å²) >= 11 is 5.77. The van der Waals surface area contributed by atoms with Crippen LogP contribution < -0.4 is 0 Å². The Hall–Kier alpha value is -1.46. The molecule has 1 aliphatic carbocycles. The average molecular weight is 310 g/mol. The second-order valence-electron chi connectivity index (χ2n) is 5.49. The first-order chi connectivity index (χ1) is 10.1.